The Bertz CT molecular complexity index is 431. The lowest BCUT2D eigenvalue weighted by atomic mass is 9.97. The van der Waals surface area contributed by atoms with Crippen molar-refractivity contribution >= 4 is 0 Å². The molecule has 1 aromatic carbocycles. The first kappa shape index (κ1) is 17.9. The van der Waals surface area contributed by atoms with Gasteiger partial charge < -0.3 is 10.1 Å². The second-order valence-corrected chi connectivity index (χ2v) is 5.14. The topological polar surface area (TPSA) is 21.3 Å². The fourth-order valence-electron chi connectivity index (χ4n) is 2.06. The minimum absolute atomic E-state index is 0.0490. The summed E-state index contributed by atoms with van der Waals surface area (Å²) < 4.78 is 54.3. The molecule has 1 rings (SSSR count). The van der Waals surface area contributed by atoms with Crippen molar-refractivity contribution in [3.8, 4) is 0 Å². The van der Waals surface area contributed by atoms with E-state index in [1.54, 1.807) is 7.05 Å². The van der Waals surface area contributed by atoms with Crippen LogP contribution < -0.4 is 5.32 Å². The third-order valence-corrected chi connectivity index (χ3v) is 3.44. The van der Waals surface area contributed by atoms with Crippen molar-refractivity contribution in [3.05, 3.63) is 34.9 Å². The zero-order valence-corrected chi connectivity index (χ0v) is 12.4. The fourth-order valence-corrected chi connectivity index (χ4v) is 2.06. The van der Waals surface area contributed by atoms with Crippen molar-refractivity contribution < 1.29 is 22.3 Å². The highest BCUT2D eigenvalue weighted by atomic mass is 19.3. The molecule has 0 radical (unpaired) electrons. The van der Waals surface area contributed by atoms with Crippen molar-refractivity contribution in [2.24, 2.45) is 0 Å². The van der Waals surface area contributed by atoms with Crippen molar-refractivity contribution in [3.63, 3.8) is 0 Å². The predicted molar refractivity (Wildman–Crippen MR) is 74.2 cm³/mol. The van der Waals surface area contributed by atoms with Gasteiger partial charge in [0.15, 0.2) is 0 Å². The van der Waals surface area contributed by atoms with Gasteiger partial charge in [0, 0.05) is 6.04 Å². The summed E-state index contributed by atoms with van der Waals surface area (Å²) >= 11 is 0. The predicted octanol–water partition coefficient (Wildman–Crippen LogP) is 3.35. The SMILES string of the molecule is CNC(COCC(F)(F)C(F)F)Cc1c(C)cccc1C. The lowest BCUT2D eigenvalue weighted by molar-refractivity contribution is -0.166. The van der Waals surface area contributed by atoms with E-state index in [1.165, 1.54) is 0 Å². The highest BCUT2D eigenvalue weighted by molar-refractivity contribution is 5.34. The Morgan fingerprint density at radius 1 is 1.19 bits per heavy atom. The van der Waals surface area contributed by atoms with Gasteiger partial charge in [-0.05, 0) is 44.0 Å². The van der Waals surface area contributed by atoms with Crippen LogP contribution in [0.15, 0.2) is 18.2 Å². The number of ether oxygens (including phenoxy) is 1. The molecule has 0 fully saturated rings. The summed E-state index contributed by atoms with van der Waals surface area (Å²) in [5, 5.41) is 2.96. The molecule has 1 N–H and O–H groups in total. The maximum Gasteiger partial charge on any atom is 0.330 e. The van der Waals surface area contributed by atoms with Crippen LogP contribution in [0.25, 0.3) is 0 Å². The lowest BCUT2D eigenvalue weighted by Gasteiger charge is -2.21. The average molecular weight is 307 g/mol. The molecule has 0 saturated carbocycles. The molecule has 1 aromatic rings. The minimum atomic E-state index is -4.10. The normalized spacial score (nSPS) is 13.7. The minimum Gasteiger partial charge on any atom is -0.373 e. The number of hydrogen-bond acceptors (Lipinski definition) is 2. The van der Waals surface area contributed by atoms with E-state index in [2.05, 4.69) is 5.32 Å². The molecule has 21 heavy (non-hydrogen) atoms. The van der Waals surface area contributed by atoms with Crippen LogP contribution in [0.5, 0.6) is 0 Å². The maximum absolute atomic E-state index is 12.8. The molecule has 0 saturated heterocycles. The third kappa shape index (κ3) is 5.28. The van der Waals surface area contributed by atoms with Crippen LogP contribution >= 0.6 is 0 Å². The van der Waals surface area contributed by atoms with E-state index in [0.717, 1.165) is 16.7 Å². The van der Waals surface area contributed by atoms with Crippen LogP contribution in [-0.4, -0.2) is 38.7 Å². The van der Waals surface area contributed by atoms with Crippen LogP contribution in [-0.2, 0) is 11.2 Å². The van der Waals surface area contributed by atoms with Crippen LogP contribution in [0.2, 0.25) is 0 Å². The van der Waals surface area contributed by atoms with Crippen LogP contribution in [0.4, 0.5) is 17.6 Å². The summed E-state index contributed by atoms with van der Waals surface area (Å²) in [6.07, 6.45) is -3.11. The maximum atomic E-state index is 12.8. The Labute approximate surface area is 122 Å². The molecular formula is C15H21F4NO. The van der Waals surface area contributed by atoms with Crippen LogP contribution in [0, 0.1) is 13.8 Å². The van der Waals surface area contributed by atoms with Crippen LogP contribution in [0.3, 0.4) is 0 Å². The molecule has 1 atom stereocenters. The van der Waals surface area contributed by atoms with Crippen molar-refractivity contribution in [1.82, 2.24) is 5.32 Å². The molecule has 0 aliphatic rings. The highest BCUT2D eigenvalue weighted by Crippen LogP contribution is 2.23. The molecule has 0 aliphatic carbocycles. The highest BCUT2D eigenvalue weighted by Gasteiger charge is 2.41. The number of nitrogens with one attached hydrogen (secondary N) is 1. The molecule has 0 spiro atoms. The Balaban J connectivity index is 2.57. The molecule has 0 bridgehead atoms. The fraction of sp³-hybridized carbons (Fsp3) is 0.600. The first-order valence-electron chi connectivity index (χ1n) is 6.74. The third-order valence-electron chi connectivity index (χ3n) is 3.44. The first-order valence-corrected chi connectivity index (χ1v) is 6.74. The zero-order chi connectivity index (χ0) is 16.0. The Morgan fingerprint density at radius 2 is 1.76 bits per heavy atom. The average Bonchev–Trinajstić information content (AvgIpc) is 2.40. The van der Waals surface area contributed by atoms with E-state index >= 15 is 0 Å². The number of halogens is 4. The lowest BCUT2D eigenvalue weighted by Crippen LogP contribution is -2.37. The van der Waals surface area contributed by atoms with Gasteiger partial charge in [0.2, 0.25) is 0 Å². The van der Waals surface area contributed by atoms with Gasteiger partial charge in [0.05, 0.1) is 6.61 Å². The number of rotatable bonds is 8. The van der Waals surface area contributed by atoms with Crippen LogP contribution in [0.1, 0.15) is 16.7 Å². The van der Waals surface area contributed by atoms with E-state index in [-0.39, 0.29) is 12.6 Å². The van der Waals surface area contributed by atoms with E-state index in [0.29, 0.717) is 6.42 Å². The second-order valence-electron chi connectivity index (χ2n) is 5.14. The summed E-state index contributed by atoms with van der Waals surface area (Å²) in [5.74, 6) is -4.10. The number of likely N-dealkylation sites (N-methyl/N-ethyl adjacent to an activating group) is 1. The van der Waals surface area contributed by atoms with E-state index in [1.807, 2.05) is 32.0 Å². The quantitative estimate of drug-likeness (QED) is 0.744. The standard InChI is InChI=1S/C15H21F4NO/c1-10-5-4-6-11(2)13(10)7-12(20-3)8-21-9-15(18,19)14(16)17/h4-6,12,14,20H,7-9H2,1-3H3. The zero-order valence-electron chi connectivity index (χ0n) is 12.4. The van der Waals surface area contributed by atoms with E-state index in [4.69, 9.17) is 4.74 Å². The Hall–Kier alpha value is -1.14. The summed E-state index contributed by atoms with van der Waals surface area (Å²) in [4.78, 5) is 0. The first-order chi connectivity index (χ1) is 9.77. The van der Waals surface area contributed by atoms with Gasteiger partial charge in [-0.1, -0.05) is 18.2 Å². The summed E-state index contributed by atoms with van der Waals surface area (Å²) in [5.41, 5.74) is 3.32. The van der Waals surface area contributed by atoms with Crippen molar-refractivity contribution in [2.75, 3.05) is 20.3 Å². The van der Waals surface area contributed by atoms with E-state index in [9.17, 15) is 17.6 Å². The van der Waals surface area contributed by atoms with Gasteiger partial charge in [-0.15, -0.1) is 0 Å². The van der Waals surface area contributed by atoms with E-state index < -0.39 is 19.0 Å². The molecule has 1 unspecified atom stereocenters. The Morgan fingerprint density at radius 3 is 2.24 bits per heavy atom. The van der Waals surface area contributed by atoms with Gasteiger partial charge in [0.1, 0.15) is 6.61 Å². The molecule has 2 nitrogen and oxygen atoms in total. The monoisotopic (exact) mass is 307 g/mol. The molecule has 120 valence electrons. The number of benzene rings is 1. The van der Waals surface area contributed by atoms with Crippen molar-refractivity contribution in [2.45, 2.75) is 38.7 Å². The molecular weight excluding hydrogens is 286 g/mol. The number of alkyl halides is 4. The summed E-state index contributed by atoms with van der Waals surface area (Å²) in [6.45, 7) is 2.63. The molecule has 0 amide bonds. The largest absolute Gasteiger partial charge is 0.373 e. The van der Waals surface area contributed by atoms with Gasteiger partial charge in [-0.3, -0.25) is 0 Å². The smallest absolute Gasteiger partial charge is 0.330 e. The molecule has 0 aliphatic heterocycles. The van der Waals surface area contributed by atoms with Gasteiger partial charge in [-0.2, -0.15) is 8.78 Å². The summed E-state index contributed by atoms with van der Waals surface area (Å²) in [6, 6.07) is 5.68. The van der Waals surface area contributed by atoms with Gasteiger partial charge in [-0.25, -0.2) is 8.78 Å². The number of aryl methyl sites for hydroxylation is 2. The van der Waals surface area contributed by atoms with Gasteiger partial charge >= 0.3 is 12.3 Å². The van der Waals surface area contributed by atoms with Crippen molar-refractivity contribution in [1.29, 1.82) is 0 Å². The number of hydrogen-bond donors (Lipinski definition) is 1. The van der Waals surface area contributed by atoms with Gasteiger partial charge in [0.25, 0.3) is 0 Å². The molecule has 0 aromatic heterocycles. The molecule has 6 heteroatoms. The Kier molecular flexibility index (Phi) is 6.61. The second kappa shape index (κ2) is 7.75. The molecule has 0 heterocycles. The summed E-state index contributed by atoms with van der Waals surface area (Å²) in [7, 11) is 1.69.